The highest BCUT2D eigenvalue weighted by molar-refractivity contribution is 7.86. The second-order valence-electron chi connectivity index (χ2n) is 5.67. The molecule has 0 aliphatic rings. The largest absolute Gasteiger partial charge is 0.507 e. The van der Waals surface area contributed by atoms with Crippen molar-refractivity contribution in [1.82, 2.24) is 0 Å². The van der Waals surface area contributed by atoms with Crippen molar-refractivity contribution in [3.05, 3.63) is 48.5 Å². The number of phenols is 1. The van der Waals surface area contributed by atoms with Crippen LogP contribution in [0.3, 0.4) is 0 Å². The Bertz CT molecular complexity index is 1270. The monoisotopic (exact) mass is 410 g/mol. The van der Waals surface area contributed by atoms with E-state index in [1.807, 2.05) is 0 Å². The van der Waals surface area contributed by atoms with Crippen LogP contribution in [0.2, 0.25) is 0 Å². The van der Waals surface area contributed by atoms with E-state index in [2.05, 4.69) is 5.32 Å². The van der Waals surface area contributed by atoms with Gasteiger partial charge in [0.15, 0.2) is 0 Å². The number of fused-ring (bicyclic) bond motifs is 1. The van der Waals surface area contributed by atoms with Crippen molar-refractivity contribution < 1.29 is 31.0 Å². The van der Waals surface area contributed by atoms with E-state index in [9.17, 15) is 31.0 Å². The predicted molar refractivity (Wildman–Crippen MR) is 99.4 cm³/mol. The number of hydrogen-bond acceptors (Lipinski definition) is 7. The Morgan fingerprint density at radius 1 is 0.852 bits per heavy atom. The van der Waals surface area contributed by atoms with Crippen LogP contribution < -0.4 is 11.1 Å². The molecule has 0 saturated carbocycles. The minimum absolute atomic E-state index is 0.146. The molecule has 0 bridgehead atoms. The van der Waals surface area contributed by atoms with Gasteiger partial charge in [-0.1, -0.05) is 12.1 Å². The molecule has 0 aliphatic heterocycles. The summed E-state index contributed by atoms with van der Waals surface area (Å²) >= 11 is 0. The SMILES string of the molecule is Nc1ccc(Nc2cccc3c(O)cc(S(=O)(=O)O)cc23)cc1S(=O)(=O)O. The van der Waals surface area contributed by atoms with E-state index in [4.69, 9.17) is 5.73 Å². The first-order valence-electron chi connectivity index (χ1n) is 7.34. The smallest absolute Gasteiger partial charge is 0.296 e. The van der Waals surface area contributed by atoms with E-state index in [0.717, 1.165) is 18.2 Å². The van der Waals surface area contributed by atoms with Crippen molar-refractivity contribution in [3.63, 3.8) is 0 Å². The number of aromatic hydroxyl groups is 1. The first-order chi connectivity index (χ1) is 12.5. The van der Waals surface area contributed by atoms with Gasteiger partial charge in [-0.15, -0.1) is 0 Å². The molecule has 3 rings (SSSR count). The zero-order valence-corrected chi connectivity index (χ0v) is 15.1. The summed E-state index contributed by atoms with van der Waals surface area (Å²) in [5.41, 5.74) is 5.96. The lowest BCUT2D eigenvalue weighted by Crippen LogP contribution is -2.04. The second kappa shape index (κ2) is 6.39. The lowest BCUT2D eigenvalue weighted by molar-refractivity contribution is 0.471. The molecule has 0 aromatic heterocycles. The summed E-state index contributed by atoms with van der Waals surface area (Å²) in [5, 5.41) is 13.5. The predicted octanol–water partition coefficient (Wildman–Crippen LogP) is 2.36. The van der Waals surface area contributed by atoms with Crippen LogP contribution in [-0.4, -0.2) is 31.0 Å². The van der Waals surface area contributed by atoms with E-state index < -0.39 is 30.0 Å². The molecule has 9 nitrogen and oxygen atoms in total. The maximum absolute atomic E-state index is 11.4. The standard InChI is InChI=1S/C16H14N2O7S2/c17-13-5-4-9(6-16(13)27(23,24)25)18-14-3-1-2-11-12(14)7-10(8-15(11)19)26(20,21)22/h1-8,18-19H,17H2,(H,20,21,22)(H,23,24,25). The highest BCUT2D eigenvalue weighted by Crippen LogP contribution is 2.35. The summed E-state index contributed by atoms with van der Waals surface area (Å²) in [6.07, 6.45) is 0. The van der Waals surface area contributed by atoms with Crippen LogP contribution in [0.1, 0.15) is 0 Å². The van der Waals surface area contributed by atoms with Crippen molar-refractivity contribution in [3.8, 4) is 5.75 Å². The molecule has 142 valence electrons. The topological polar surface area (TPSA) is 167 Å². The van der Waals surface area contributed by atoms with Gasteiger partial charge in [-0.3, -0.25) is 9.11 Å². The van der Waals surface area contributed by atoms with Crippen LogP contribution in [0, 0.1) is 0 Å². The Kier molecular flexibility index (Phi) is 4.48. The first-order valence-corrected chi connectivity index (χ1v) is 10.2. The van der Waals surface area contributed by atoms with Gasteiger partial charge in [0.2, 0.25) is 0 Å². The van der Waals surface area contributed by atoms with Crippen LogP contribution in [0.25, 0.3) is 10.8 Å². The number of rotatable bonds is 4. The fourth-order valence-corrected chi connectivity index (χ4v) is 3.76. The molecule has 0 saturated heterocycles. The highest BCUT2D eigenvalue weighted by Gasteiger charge is 2.17. The lowest BCUT2D eigenvalue weighted by atomic mass is 10.1. The number of benzene rings is 3. The van der Waals surface area contributed by atoms with Crippen LogP contribution in [0.5, 0.6) is 5.75 Å². The van der Waals surface area contributed by atoms with Gasteiger partial charge in [0.05, 0.1) is 10.6 Å². The molecule has 0 amide bonds. The lowest BCUT2D eigenvalue weighted by Gasteiger charge is -2.13. The molecule has 11 heteroatoms. The summed E-state index contributed by atoms with van der Waals surface area (Å²) in [7, 11) is -9.10. The van der Waals surface area contributed by atoms with Crippen LogP contribution in [0.4, 0.5) is 17.1 Å². The van der Waals surface area contributed by atoms with Crippen molar-refractivity contribution in [1.29, 1.82) is 0 Å². The molecular formula is C16H14N2O7S2. The summed E-state index contributed by atoms with van der Waals surface area (Å²) < 4.78 is 64.1. The van der Waals surface area contributed by atoms with E-state index in [0.29, 0.717) is 11.1 Å². The molecule has 6 N–H and O–H groups in total. The van der Waals surface area contributed by atoms with E-state index in [1.165, 1.54) is 18.2 Å². The fourth-order valence-electron chi connectivity index (χ4n) is 2.59. The quantitative estimate of drug-likeness (QED) is 0.320. The van der Waals surface area contributed by atoms with Crippen LogP contribution >= 0.6 is 0 Å². The minimum Gasteiger partial charge on any atom is -0.507 e. The summed E-state index contributed by atoms with van der Waals surface area (Å²) in [6.45, 7) is 0. The van der Waals surface area contributed by atoms with Crippen molar-refractivity contribution in [2.75, 3.05) is 11.1 Å². The van der Waals surface area contributed by atoms with Crippen molar-refractivity contribution >= 4 is 48.1 Å². The average Bonchev–Trinajstić information content (AvgIpc) is 2.55. The normalized spacial score (nSPS) is 12.2. The third kappa shape index (κ3) is 3.80. The molecule has 0 radical (unpaired) electrons. The van der Waals surface area contributed by atoms with Crippen LogP contribution in [0.15, 0.2) is 58.3 Å². The molecule has 0 unspecified atom stereocenters. The van der Waals surface area contributed by atoms with E-state index >= 15 is 0 Å². The molecule has 27 heavy (non-hydrogen) atoms. The number of nitrogens with two attached hydrogens (primary N) is 1. The van der Waals surface area contributed by atoms with E-state index in [1.54, 1.807) is 12.1 Å². The first kappa shape index (κ1) is 18.9. The third-order valence-electron chi connectivity index (χ3n) is 3.82. The van der Waals surface area contributed by atoms with Gasteiger partial charge < -0.3 is 16.2 Å². The summed E-state index contributed by atoms with van der Waals surface area (Å²) in [4.78, 5) is -0.994. The Balaban J connectivity index is 2.17. The molecule has 0 atom stereocenters. The van der Waals surface area contributed by atoms with Gasteiger partial charge in [0, 0.05) is 28.2 Å². The Labute approximate surface area is 154 Å². The van der Waals surface area contributed by atoms with Crippen molar-refractivity contribution in [2.24, 2.45) is 0 Å². The zero-order chi connectivity index (χ0) is 20.0. The zero-order valence-electron chi connectivity index (χ0n) is 13.5. The van der Waals surface area contributed by atoms with Crippen LogP contribution in [-0.2, 0) is 20.2 Å². The van der Waals surface area contributed by atoms with Gasteiger partial charge in [0.1, 0.15) is 10.6 Å². The van der Waals surface area contributed by atoms with Gasteiger partial charge >= 0.3 is 0 Å². The maximum atomic E-state index is 11.4. The molecule has 0 spiro atoms. The Hall–Kier alpha value is -2.86. The molecule has 0 fully saturated rings. The number of hydrogen-bond donors (Lipinski definition) is 5. The number of nitrogens with one attached hydrogen (secondary N) is 1. The Morgan fingerprint density at radius 3 is 2.19 bits per heavy atom. The Morgan fingerprint density at radius 2 is 1.56 bits per heavy atom. The third-order valence-corrected chi connectivity index (χ3v) is 5.56. The molecule has 3 aromatic rings. The minimum atomic E-state index is -4.55. The number of nitrogen functional groups attached to an aromatic ring is 1. The molecule has 0 heterocycles. The highest BCUT2D eigenvalue weighted by atomic mass is 32.2. The fraction of sp³-hybridized carbons (Fsp3) is 0. The summed E-state index contributed by atoms with van der Waals surface area (Å²) in [5.74, 6) is -0.361. The van der Waals surface area contributed by atoms with Gasteiger partial charge in [-0.25, -0.2) is 0 Å². The molecular weight excluding hydrogens is 396 g/mol. The van der Waals surface area contributed by atoms with Gasteiger partial charge in [-0.2, -0.15) is 16.8 Å². The summed E-state index contributed by atoms with van der Waals surface area (Å²) in [6, 6.07) is 10.6. The van der Waals surface area contributed by atoms with Crippen molar-refractivity contribution in [2.45, 2.75) is 9.79 Å². The van der Waals surface area contributed by atoms with Gasteiger partial charge in [0.25, 0.3) is 20.2 Å². The number of phenolic OH excluding ortho intramolecular Hbond substituents is 1. The molecule has 0 aliphatic carbocycles. The van der Waals surface area contributed by atoms with Gasteiger partial charge in [-0.05, 0) is 30.3 Å². The maximum Gasteiger partial charge on any atom is 0.296 e. The molecule has 3 aromatic carbocycles. The van der Waals surface area contributed by atoms with E-state index in [-0.39, 0.29) is 22.5 Å². The second-order valence-corrected chi connectivity index (χ2v) is 8.48. The average molecular weight is 410 g/mol. The number of anilines is 3.